The summed E-state index contributed by atoms with van der Waals surface area (Å²) in [4.78, 5) is 30.2. The number of carbonyl (C=O) groups is 1. The number of benzene rings is 1. The molecule has 0 aliphatic rings. The first-order valence-electron chi connectivity index (χ1n) is 5.91. The van der Waals surface area contributed by atoms with Crippen LogP contribution in [0.5, 0.6) is 0 Å². The Hall–Kier alpha value is -2.19. The molecule has 0 saturated carbocycles. The summed E-state index contributed by atoms with van der Waals surface area (Å²) in [6.45, 7) is 0. The molecule has 6 nitrogen and oxygen atoms in total. The monoisotopic (exact) mass is 319 g/mol. The van der Waals surface area contributed by atoms with Crippen molar-refractivity contribution >= 4 is 39.3 Å². The Balaban J connectivity index is 2.07. The van der Waals surface area contributed by atoms with E-state index in [9.17, 15) is 9.59 Å². The normalized spacial score (nSPS) is 10.9. The van der Waals surface area contributed by atoms with Crippen molar-refractivity contribution in [3.05, 3.63) is 46.3 Å². The second kappa shape index (κ2) is 5.66. The number of nitrogens with zero attached hydrogens (tertiary/aromatic N) is 3. The van der Waals surface area contributed by atoms with Crippen molar-refractivity contribution in [1.82, 2.24) is 14.5 Å². The largest absolute Gasteiger partial charge is 0.481 e. The zero-order valence-electron chi connectivity index (χ0n) is 10.6. The molecule has 0 unspecified atom stereocenters. The van der Waals surface area contributed by atoms with Gasteiger partial charge in [-0.05, 0) is 18.2 Å². The molecule has 2 heterocycles. The molecular weight excluding hydrogens is 310 g/mol. The van der Waals surface area contributed by atoms with Crippen molar-refractivity contribution in [2.24, 2.45) is 0 Å². The van der Waals surface area contributed by atoms with Crippen molar-refractivity contribution in [3.63, 3.8) is 0 Å². The molecule has 3 rings (SSSR count). The molecule has 0 aliphatic carbocycles. The predicted molar refractivity (Wildman–Crippen MR) is 81.4 cm³/mol. The van der Waals surface area contributed by atoms with Gasteiger partial charge in [-0.25, -0.2) is 4.98 Å². The topological polar surface area (TPSA) is 85.1 Å². The minimum absolute atomic E-state index is 0.154. The number of aromatic nitrogens is 3. The van der Waals surface area contributed by atoms with E-state index in [0.29, 0.717) is 5.16 Å². The van der Waals surface area contributed by atoms with E-state index in [1.807, 2.05) is 18.2 Å². The van der Waals surface area contributed by atoms with Gasteiger partial charge in [0.25, 0.3) is 5.56 Å². The number of carboxylic acid groups (broad SMARTS) is 1. The summed E-state index contributed by atoms with van der Waals surface area (Å²) < 4.78 is 2.72. The molecule has 106 valence electrons. The fourth-order valence-corrected chi connectivity index (χ4v) is 3.23. The molecule has 1 N–H and O–H groups in total. The third-order valence-corrected chi connectivity index (χ3v) is 4.43. The zero-order chi connectivity index (χ0) is 14.8. The van der Waals surface area contributed by atoms with E-state index in [4.69, 9.17) is 5.11 Å². The quantitative estimate of drug-likeness (QED) is 0.585. The minimum Gasteiger partial charge on any atom is -0.481 e. The van der Waals surface area contributed by atoms with Gasteiger partial charge in [-0.3, -0.25) is 14.2 Å². The van der Waals surface area contributed by atoms with Crippen LogP contribution in [0.4, 0.5) is 0 Å². The predicted octanol–water partition coefficient (Wildman–Crippen LogP) is 2.02. The van der Waals surface area contributed by atoms with E-state index in [0.717, 1.165) is 27.7 Å². The van der Waals surface area contributed by atoms with Crippen LogP contribution in [0, 0.1) is 0 Å². The molecule has 0 radical (unpaired) electrons. The van der Waals surface area contributed by atoms with Crippen LogP contribution < -0.4 is 5.56 Å². The van der Waals surface area contributed by atoms with E-state index in [1.165, 1.54) is 17.4 Å². The molecule has 0 spiro atoms. The standard InChI is InChI=1S/C13H9N3O3S2/c17-11-3-4-16(13(15-11)20-6-12(18)19)8-1-2-9-10(5-8)21-7-14-9/h1-5,7H,6H2,(H,18,19). The smallest absolute Gasteiger partial charge is 0.313 e. The van der Waals surface area contributed by atoms with Crippen molar-refractivity contribution < 1.29 is 9.90 Å². The summed E-state index contributed by atoms with van der Waals surface area (Å²) in [6.07, 6.45) is 1.60. The highest BCUT2D eigenvalue weighted by atomic mass is 32.2. The van der Waals surface area contributed by atoms with Crippen LogP contribution in [-0.2, 0) is 4.79 Å². The molecular formula is C13H9N3O3S2. The highest BCUT2D eigenvalue weighted by Crippen LogP contribution is 2.24. The SMILES string of the molecule is O=C(O)CSc1nc(=O)ccn1-c1ccc2ncsc2c1. The van der Waals surface area contributed by atoms with Gasteiger partial charge in [0.2, 0.25) is 0 Å². The number of thioether (sulfide) groups is 1. The molecule has 0 amide bonds. The van der Waals surface area contributed by atoms with Crippen LogP contribution in [0.3, 0.4) is 0 Å². The molecule has 0 aliphatic heterocycles. The molecule has 3 aromatic rings. The van der Waals surface area contributed by atoms with Gasteiger partial charge in [-0.1, -0.05) is 11.8 Å². The third-order valence-electron chi connectivity index (χ3n) is 2.70. The average molecular weight is 319 g/mol. The Morgan fingerprint density at radius 2 is 2.24 bits per heavy atom. The van der Waals surface area contributed by atoms with Gasteiger partial charge in [-0.15, -0.1) is 11.3 Å². The maximum atomic E-state index is 11.4. The number of carboxylic acids is 1. The van der Waals surface area contributed by atoms with E-state index >= 15 is 0 Å². The summed E-state index contributed by atoms with van der Waals surface area (Å²) in [5.41, 5.74) is 3.08. The van der Waals surface area contributed by atoms with Crippen LogP contribution in [0.25, 0.3) is 15.9 Å². The zero-order valence-corrected chi connectivity index (χ0v) is 12.2. The van der Waals surface area contributed by atoms with E-state index < -0.39 is 11.5 Å². The number of aliphatic carboxylic acids is 1. The number of hydrogen-bond donors (Lipinski definition) is 1. The van der Waals surface area contributed by atoms with E-state index in [-0.39, 0.29) is 5.75 Å². The lowest BCUT2D eigenvalue weighted by Gasteiger charge is -2.10. The van der Waals surface area contributed by atoms with E-state index in [2.05, 4.69) is 9.97 Å². The first-order chi connectivity index (χ1) is 10.1. The lowest BCUT2D eigenvalue weighted by molar-refractivity contribution is -0.133. The minimum atomic E-state index is -0.956. The molecule has 2 aromatic heterocycles. The lowest BCUT2D eigenvalue weighted by atomic mass is 10.3. The van der Waals surface area contributed by atoms with Crippen LogP contribution >= 0.6 is 23.1 Å². The molecule has 0 bridgehead atoms. The van der Waals surface area contributed by atoms with Crippen molar-refractivity contribution in [1.29, 1.82) is 0 Å². The Bertz CT molecular complexity index is 872. The summed E-state index contributed by atoms with van der Waals surface area (Å²) in [7, 11) is 0. The Morgan fingerprint density at radius 1 is 1.38 bits per heavy atom. The Morgan fingerprint density at radius 3 is 3.05 bits per heavy atom. The first kappa shape index (κ1) is 13.8. The third kappa shape index (κ3) is 2.96. The van der Waals surface area contributed by atoms with Gasteiger partial charge in [0.1, 0.15) is 0 Å². The second-order valence-corrected chi connectivity index (χ2v) is 5.93. The molecule has 21 heavy (non-hydrogen) atoms. The van der Waals surface area contributed by atoms with Gasteiger partial charge in [0.05, 0.1) is 21.5 Å². The van der Waals surface area contributed by atoms with Crippen molar-refractivity contribution in [2.45, 2.75) is 5.16 Å². The van der Waals surface area contributed by atoms with Crippen LogP contribution in [-0.4, -0.2) is 31.4 Å². The lowest BCUT2D eigenvalue weighted by Crippen LogP contribution is -2.13. The summed E-state index contributed by atoms with van der Waals surface area (Å²) >= 11 is 2.53. The van der Waals surface area contributed by atoms with E-state index in [1.54, 1.807) is 16.3 Å². The van der Waals surface area contributed by atoms with Crippen molar-refractivity contribution in [3.8, 4) is 5.69 Å². The van der Waals surface area contributed by atoms with Gasteiger partial charge < -0.3 is 5.11 Å². The summed E-state index contributed by atoms with van der Waals surface area (Å²) in [5.74, 6) is -1.11. The second-order valence-electron chi connectivity index (χ2n) is 4.11. The molecule has 0 fully saturated rings. The van der Waals surface area contributed by atoms with Crippen LogP contribution in [0.1, 0.15) is 0 Å². The number of fused-ring (bicyclic) bond motifs is 1. The van der Waals surface area contributed by atoms with Gasteiger partial charge in [0.15, 0.2) is 5.16 Å². The highest BCUT2D eigenvalue weighted by Gasteiger charge is 2.09. The molecule has 8 heteroatoms. The summed E-state index contributed by atoms with van der Waals surface area (Å²) in [5, 5.41) is 9.13. The number of thiazole rings is 1. The fraction of sp³-hybridized carbons (Fsp3) is 0.0769. The molecule has 0 saturated heterocycles. The molecule has 1 aromatic carbocycles. The number of rotatable bonds is 4. The Kier molecular flexibility index (Phi) is 3.72. The maximum Gasteiger partial charge on any atom is 0.313 e. The van der Waals surface area contributed by atoms with Gasteiger partial charge in [-0.2, -0.15) is 4.98 Å². The average Bonchev–Trinajstić information content (AvgIpc) is 2.92. The van der Waals surface area contributed by atoms with Gasteiger partial charge in [0, 0.05) is 18.0 Å². The highest BCUT2D eigenvalue weighted by molar-refractivity contribution is 7.99. The fourth-order valence-electron chi connectivity index (χ4n) is 1.81. The van der Waals surface area contributed by atoms with Crippen LogP contribution in [0.15, 0.2) is 45.9 Å². The first-order valence-corrected chi connectivity index (χ1v) is 7.78. The number of hydrogen-bond acceptors (Lipinski definition) is 6. The molecule has 0 atom stereocenters. The maximum absolute atomic E-state index is 11.4. The van der Waals surface area contributed by atoms with Gasteiger partial charge >= 0.3 is 5.97 Å². The van der Waals surface area contributed by atoms with Crippen LogP contribution in [0.2, 0.25) is 0 Å². The Labute approximate surface area is 127 Å². The summed E-state index contributed by atoms with van der Waals surface area (Å²) in [6, 6.07) is 7.02. The van der Waals surface area contributed by atoms with Crippen molar-refractivity contribution in [2.75, 3.05) is 5.75 Å².